The fraction of sp³-hybridized carbons (Fsp3) is 0.211. The van der Waals surface area contributed by atoms with Crippen LogP contribution in [0, 0.1) is 0 Å². The maximum atomic E-state index is 11.9. The number of hydrogen-bond acceptors (Lipinski definition) is 6. The van der Waals surface area contributed by atoms with Crippen LogP contribution in [0.2, 0.25) is 0 Å². The molecule has 4 nitrogen and oxygen atoms in total. The summed E-state index contributed by atoms with van der Waals surface area (Å²) in [5.74, 6) is -0.254. The number of carbonyl (C=O) groups excluding carboxylic acids is 1. The van der Waals surface area contributed by atoms with Crippen LogP contribution in [0.3, 0.4) is 0 Å². The predicted molar refractivity (Wildman–Crippen MR) is 101 cm³/mol. The summed E-state index contributed by atoms with van der Waals surface area (Å²) in [7, 11) is 2.91. The lowest BCUT2D eigenvalue weighted by Crippen LogP contribution is -2.07. The van der Waals surface area contributed by atoms with Crippen molar-refractivity contribution in [1.29, 1.82) is 0 Å². The van der Waals surface area contributed by atoms with Crippen molar-refractivity contribution in [3.8, 4) is 20.9 Å². The quantitative estimate of drug-likeness (QED) is 0.334. The number of methoxy groups -OCH3 is 1. The molecular weight excluding hydrogens is 356 g/mol. The van der Waals surface area contributed by atoms with Crippen LogP contribution in [-0.4, -0.2) is 20.2 Å². The molecule has 2 heterocycles. The normalized spacial score (nSPS) is 10.8. The van der Waals surface area contributed by atoms with E-state index in [9.17, 15) is 4.79 Å². The molecule has 0 spiro atoms. The zero-order chi connectivity index (χ0) is 17.6. The minimum atomic E-state index is -0.254. The van der Waals surface area contributed by atoms with Gasteiger partial charge < -0.3 is 4.74 Å². The van der Waals surface area contributed by atoms with Gasteiger partial charge in [-0.2, -0.15) is 0 Å². The number of hydrogen-bond donors (Lipinski definition) is 0. The Balaban J connectivity index is 2.14. The van der Waals surface area contributed by atoms with Gasteiger partial charge in [0.2, 0.25) is 0 Å². The molecule has 0 aliphatic rings. The first-order chi connectivity index (χ1) is 12.2. The molecule has 2 aromatic heterocycles. The highest BCUT2D eigenvalue weighted by Crippen LogP contribution is 2.36. The summed E-state index contributed by atoms with van der Waals surface area (Å²) in [6.07, 6.45) is 0.230. The van der Waals surface area contributed by atoms with Crippen LogP contribution in [0.25, 0.3) is 20.9 Å². The Labute approximate surface area is 154 Å². The van der Waals surface area contributed by atoms with Gasteiger partial charge in [0, 0.05) is 9.75 Å². The third-order valence-corrected chi connectivity index (χ3v) is 5.60. The summed E-state index contributed by atoms with van der Waals surface area (Å²) in [6.45, 7) is 0.334. The number of esters is 1. The molecule has 6 heteroatoms. The predicted octanol–water partition coefficient (Wildman–Crippen LogP) is 4.94. The number of carbonyl (C=O) groups is 1. The van der Waals surface area contributed by atoms with Crippen LogP contribution in [0.4, 0.5) is 0 Å². The van der Waals surface area contributed by atoms with E-state index in [2.05, 4.69) is 18.2 Å². The first-order valence-electron chi connectivity index (χ1n) is 7.69. The van der Waals surface area contributed by atoms with E-state index in [1.807, 2.05) is 29.0 Å². The Hall–Kier alpha value is -1.99. The van der Waals surface area contributed by atoms with Gasteiger partial charge >= 0.3 is 5.97 Å². The van der Waals surface area contributed by atoms with Crippen LogP contribution in [0.5, 0.6) is 0 Å². The Morgan fingerprint density at radius 3 is 2.08 bits per heavy atom. The second-order valence-electron chi connectivity index (χ2n) is 5.30. The highest BCUT2D eigenvalue weighted by molar-refractivity contribution is 7.13. The largest absolute Gasteiger partial charge is 0.469 e. The third-order valence-electron chi connectivity index (χ3n) is 3.80. The molecule has 3 rings (SSSR count). The van der Waals surface area contributed by atoms with Gasteiger partial charge in [0.05, 0.1) is 20.6 Å². The minimum Gasteiger partial charge on any atom is -0.469 e. The second kappa shape index (κ2) is 8.40. The van der Waals surface area contributed by atoms with Crippen molar-refractivity contribution in [2.45, 2.75) is 13.0 Å². The summed E-state index contributed by atoms with van der Waals surface area (Å²) in [5.41, 5.74) is 4.03. The molecule has 0 aliphatic carbocycles. The molecule has 0 unspecified atom stereocenters. The van der Waals surface area contributed by atoms with E-state index in [1.54, 1.807) is 22.7 Å². The van der Waals surface area contributed by atoms with E-state index in [0.717, 1.165) is 32.0 Å². The van der Waals surface area contributed by atoms with Gasteiger partial charge in [0.25, 0.3) is 0 Å². The highest BCUT2D eigenvalue weighted by Gasteiger charge is 2.17. The fourth-order valence-electron chi connectivity index (χ4n) is 2.63. The van der Waals surface area contributed by atoms with E-state index < -0.39 is 0 Å². The molecule has 130 valence electrons. The van der Waals surface area contributed by atoms with E-state index in [0.29, 0.717) is 6.61 Å². The third kappa shape index (κ3) is 4.16. The van der Waals surface area contributed by atoms with Crippen molar-refractivity contribution in [3.63, 3.8) is 0 Å². The van der Waals surface area contributed by atoms with E-state index in [-0.39, 0.29) is 12.4 Å². The Morgan fingerprint density at radius 2 is 1.56 bits per heavy atom. The lowest BCUT2D eigenvalue weighted by Gasteiger charge is -2.15. The fourth-order valence-corrected chi connectivity index (χ4v) is 4.18. The molecular formula is C19H18O4S2. The second-order valence-corrected chi connectivity index (χ2v) is 7.20. The van der Waals surface area contributed by atoms with Crippen LogP contribution < -0.4 is 0 Å². The molecule has 0 fully saturated rings. The molecule has 0 N–H and O–H groups in total. The molecule has 0 radical (unpaired) electrons. The lowest BCUT2D eigenvalue weighted by atomic mass is 9.95. The molecule has 0 bridgehead atoms. The van der Waals surface area contributed by atoms with Crippen LogP contribution in [-0.2, 0) is 32.3 Å². The Kier molecular flexibility index (Phi) is 5.99. The minimum absolute atomic E-state index is 0.230. The first-order valence-corrected chi connectivity index (χ1v) is 9.45. The topological polar surface area (TPSA) is 44.8 Å². The van der Waals surface area contributed by atoms with Gasteiger partial charge in [-0.05, 0) is 57.3 Å². The Morgan fingerprint density at radius 1 is 0.960 bits per heavy atom. The molecule has 0 amide bonds. The molecule has 0 aliphatic heterocycles. The van der Waals surface area contributed by atoms with Crippen molar-refractivity contribution in [2.75, 3.05) is 14.2 Å². The molecule has 3 aromatic rings. The van der Waals surface area contributed by atoms with Crippen LogP contribution in [0.1, 0.15) is 11.1 Å². The Bertz CT molecular complexity index is 823. The highest BCUT2D eigenvalue weighted by atomic mass is 32.1. The molecule has 0 saturated carbocycles. The average Bonchev–Trinajstić information content (AvgIpc) is 3.33. The number of thiophene rings is 2. The van der Waals surface area contributed by atoms with Gasteiger partial charge in [-0.3, -0.25) is 4.79 Å². The maximum absolute atomic E-state index is 11.9. The van der Waals surface area contributed by atoms with Crippen molar-refractivity contribution in [1.82, 2.24) is 0 Å². The van der Waals surface area contributed by atoms with Gasteiger partial charge in [-0.15, -0.1) is 22.7 Å². The van der Waals surface area contributed by atoms with Crippen molar-refractivity contribution >= 4 is 28.6 Å². The van der Waals surface area contributed by atoms with Crippen LogP contribution >= 0.6 is 22.7 Å². The molecule has 25 heavy (non-hydrogen) atoms. The monoisotopic (exact) mass is 374 g/mol. The van der Waals surface area contributed by atoms with Crippen LogP contribution in [0.15, 0.2) is 47.2 Å². The molecule has 0 saturated heterocycles. The van der Waals surface area contributed by atoms with E-state index in [1.165, 1.54) is 14.2 Å². The summed E-state index contributed by atoms with van der Waals surface area (Å²) in [4.78, 5) is 24.1. The maximum Gasteiger partial charge on any atom is 0.310 e. The van der Waals surface area contributed by atoms with Crippen molar-refractivity contribution < 1.29 is 19.3 Å². The van der Waals surface area contributed by atoms with Gasteiger partial charge in [0.15, 0.2) is 0 Å². The summed E-state index contributed by atoms with van der Waals surface area (Å²) >= 11 is 3.29. The summed E-state index contributed by atoms with van der Waals surface area (Å²) in [5, 5.41) is 4.05. The van der Waals surface area contributed by atoms with E-state index in [4.69, 9.17) is 14.5 Å². The number of ether oxygens (including phenoxy) is 1. The van der Waals surface area contributed by atoms with E-state index >= 15 is 0 Å². The lowest BCUT2D eigenvalue weighted by molar-refractivity contribution is -0.282. The molecule has 0 atom stereocenters. The number of benzene rings is 1. The zero-order valence-electron chi connectivity index (χ0n) is 14.0. The SMILES string of the molecule is COOCc1cc(-c2cccs2)c(CC(=O)OC)cc1-c1cccs1. The number of rotatable bonds is 7. The van der Waals surface area contributed by atoms with Crippen molar-refractivity contribution in [2.24, 2.45) is 0 Å². The zero-order valence-corrected chi connectivity index (χ0v) is 15.6. The van der Waals surface area contributed by atoms with Gasteiger partial charge in [0.1, 0.15) is 6.61 Å². The van der Waals surface area contributed by atoms with Crippen molar-refractivity contribution in [3.05, 3.63) is 58.3 Å². The molecule has 1 aromatic carbocycles. The summed E-state index contributed by atoms with van der Waals surface area (Å²) < 4.78 is 4.87. The first kappa shape index (κ1) is 17.8. The standard InChI is InChI=1S/C19H18O4S2/c1-21-19(20)11-13-9-16(18-6-4-8-25-18)14(12-23-22-2)10-15(13)17-5-3-7-24-17/h3-10H,11-12H2,1-2H3. The van der Waals surface area contributed by atoms with Gasteiger partial charge in [-0.25, -0.2) is 9.78 Å². The average molecular weight is 374 g/mol. The smallest absolute Gasteiger partial charge is 0.310 e. The van der Waals surface area contributed by atoms with Gasteiger partial charge in [-0.1, -0.05) is 12.1 Å². The summed E-state index contributed by atoms with van der Waals surface area (Å²) in [6, 6.07) is 12.3.